The van der Waals surface area contributed by atoms with Gasteiger partial charge in [0.2, 0.25) is 0 Å². The molecule has 12 aromatic rings. The number of methoxy groups -OCH3 is 3. The van der Waals surface area contributed by atoms with E-state index in [-0.39, 0.29) is 11.6 Å². The zero-order chi connectivity index (χ0) is 72.2. The van der Waals surface area contributed by atoms with Gasteiger partial charge in [0.1, 0.15) is 17.2 Å². The standard InChI is InChI=1S/C31H40N4O2Si.C28H31N5O2.C24H25N5O2/c1-31(2,3)38(6,7)37-21-23-14-26(16-27(15-23)36-5)35(19-22-8-9-22)25-10-11-28-29(17-25)33-30(18-32-28)24-12-13-34(4)20-24;1-32-16-22(13-30-32)28-14-29-26-8-7-23(12-27(26)31-28)33(15-19-3-4-19)24-9-21(10-25(11-24)34-2)18-35-17-20-5-6-20;1-28-14-18(11-26-28)24-12-25-22-6-5-19(10-23(22)27-24)29(13-16-3-4-16)20-7-17(15-30)8-21(9-20)31-2/h10-18,20,22H,8-9,19,21H2,1-7H3;7-14,16,19-20H,3-6,15,17-18H2,1-2H3;5-12,14,16,30H,3-4,13,15H2,1-2H3. The Kier molecular flexibility index (Phi) is 21.0. The first-order valence-electron chi connectivity index (χ1n) is 36.4. The van der Waals surface area contributed by atoms with Crippen LogP contribution in [-0.2, 0) is 50.1 Å². The Labute approximate surface area is 610 Å². The highest BCUT2D eigenvalue weighted by Gasteiger charge is 2.37. The largest absolute Gasteiger partial charge is 0.497 e. The van der Waals surface area contributed by atoms with E-state index in [1.807, 2.05) is 87.2 Å². The molecule has 4 aliphatic rings. The molecule has 0 atom stereocenters. The van der Waals surface area contributed by atoms with E-state index in [9.17, 15) is 5.11 Å². The lowest BCUT2D eigenvalue weighted by molar-refractivity contribution is 0.111. The molecule has 0 amide bonds. The van der Waals surface area contributed by atoms with Crippen molar-refractivity contribution in [2.24, 2.45) is 44.8 Å². The number of nitrogens with zero attached hydrogens (tertiary/aromatic N) is 14. The van der Waals surface area contributed by atoms with Gasteiger partial charge in [-0.3, -0.25) is 24.3 Å². The third-order valence-electron chi connectivity index (χ3n) is 20.5. The maximum absolute atomic E-state index is 9.71. The number of hydrogen-bond donors (Lipinski definition) is 1. The molecule has 21 heteroatoms. The summed E-state index contributed by atoms with van der Waals surface area (Å²) < 4.78 is 35.0. The Hall–Kier alpha value is -10.1. The van der Waals surface area contributed by atoms with Crippen molar-refractivity contribution in [3.63, 3.8) is 0 Å². The van der Waals surface area contributed by atoms with Gasteiger partial charge in [-0.05, 0) is 207 Å². The first-order chi connectivity index (χ1) is 50.3. The molecule has 6 aromatic carbocycles. The van der Waals surface area contributed by atoms with Gasteiger partial charge in [0.25, 0.3) is 0 Å². The number of aromatic nitrogens is 11. The van der Waals surface area contributed by atoms with Gasteiger partial charge in [0, 0.05) is 141 Å². The smallest absolute Gasteiger partial charge is 0.192 e. The SMILES string of the molecule is COc1cc(CO)cc(N(CC2CC2)c2ccc3ncc(-c4cnn(C)c4)nc3c2)c1.COc1cc(COCC2CC2)cc(N(CC2CC2)c2ccc3ncc(-c4cnn(C)c4)nc3c2)c1.COc1cc(CO[Si](C)(C)C(C)(C)C)cc(N(CC2CC2)c2ccc3ncc(-c4ccn(C)c4)nc3c2)c1. The number of ether oxygens (including phenoxy) is 4. The highest BCUT2D eigenvalue weighted by atomic mass is 28.4. The number of anilines is 6. The molecule has 4 aliphatic carbocycles. The quantitative estimate of drug-likeness (QED) is 0.0503. The maximum atomic E-state index is 9.71. The number of aryl methyl sites for hydroxylation is 3. The van der Waals surface area contributed by atoms with Crippen LogP contribution in [0.2, 0.25) is 18.1 Å². The fraction of sp³-hybridized carbons (Fsp3) is 0.373. The van der Waals surface area contributed by atoms with E-state index in [0.29, 0.717) is 31.0 Å². The minimum Gasteiger partial charge on any atom is -0.497 e. The van der Waals surface area contributed by atoms with Crippen molar-refractivity contribution in [2.75, 3.05) is 62.3 Å². The second kappa shape index (κ2) is 30.7. The first-order valence-corrected chi connectivity index (χ1v) is 39.3. The van der Waals surface area contributed by atoms with Crippen molar-refractivity contribution >= 4 is 75.5 Å². The topological polar surface area (TPSA) is 194 Å². The van der Waals surface area contributed by atoms with E-state index in [0.717, 1.165) is 167 Å². The van der Waals surface area contributed by atoms with Gasteiger partial charge < -0.3 is 47.7 Å². The summed E-state index contributed by atoms with van der Waals surface area (Å²) in [4.78, 5) is 35.8. The van der Waals surface area contributed by atoms with Crippen LogP contribution in [-0.4, -0.2) is 115 Å². The summed E-state index contributed by atoms with van der Waals surface area (Å²) in [5, 5.41) is 18.4. The normalized spacial score (nSPS) is 14.4. The highest BCUT2D eigenvalue weighted by Crippen LogP contribution is 2.43. The Bertz CT molecular complexity index is 4970. The van der Waals surface area contributed by atoms with Gasteiger partial charge in [0.15, 0.2) is 8.32 Å². The van der Waals surface area contributed by atoms with Crippen LogP contribution in [0.3, 0.4) is 0 Å². The van der Waals surface area contributed by atoms with Crippen molar-refractivity contribution in [3.8, 4) is 51.0 Å². The summed E-state index contributed by atoms with van der Waals surface area (Å²) in [5.74, 6) is 5.28. The Morgan fingerprint density at radius 3 is 1.19 bits per heavy atom. The Morgan fingerprint density at radius 2 is 0.837 bits per heavy atom. The summed E-state index contributed by atoms with van der Waals surface area (Å²) in [7, 11) is 9.06. The molecule has 538 valence electrons. The number of rotatable bonds is 26. The molecule has 0 aliphatic heterocycles. The van der Waals surface area contributed by atoms with Crippen LogP contribution in [0.1, 0.15) is 88.8 Å². The highest BCUT2D eigenvalue weighted by molar-refractivity contribution is 6.74. The van der Waals surface area contributed by atoms with Crippen molar-refractivity contribution in [1.82, 2.24) is 54.0 Å². The van der Waals surface area contributed by atoms with Crippen LogP contribution >= 0.6 is 0 Å². The molecule has 6 heterocycles. The zero-order valence-corrected chi connectivity index (χ0v) is 62.8. The Morgan fingerprint density at radius 1 is 0.442 bits per heavy atom. The van der Waals surface area contributed by atoms with Gasteiger partial charge in [-0.15, -0.1) is 0 Å². The van der Waals surface area contributed by atoms with E-state index in [1.54, 1.807) is 43.1 Å². The third-order valence-corrected chi connectivity index (χ3v) is 24.9. The number of benzene rings is 6. The lowest BCUT2D eigenvalue weighted by atomic mass is 10.1. The van der Waals surface area contributed by atoms with Crippen LogP contribution < -0.4 is 28.9 Å². The fourth-order valence-corrected chi connectivity index (χ4v) is 13.5. The summed E-state index contributed by atoms with van der Waals surface area (Å²) in [6.07, 6.45) is 27.3. The van der Waals surface area contributed by atoms with Gasteiger partial charge >= 0.3 is 0 Å². The lowest BCUT2D eigenvalue weighted by Crippen LogP contribution is -2.40. The number of fused-ring (bicyclic) bond motifs is 3. The van der Waals surface area contributed by atoms with Crippen LogP contribution in [0, 0.1) is 23.7 Å². The predicted molar refractivity (Wildman–Crippen MR) is 416 cm³/mol. The molecule has 104 heavy (non-hydrogen) atoms. The lowest BCUT2D eigenvalue weighted by Gasteiger charge is -2.36. The van der Waals surface area contributed by atoms with Crippen molar-refractivity contribution < 1.29 is 28.5 Å². The van der Waals surface area contributed by atoms with Gasteiger partial charge in [0.05, 0.1) is 122 Å². The molecule has 0 unspecified atom stereocenters. The van der Waals surface area contributed by atoms with Gasteiger partial charge in [-0.25, -0.2) is 15.0 Å². The molecule has 6 aromatic heterocycles. The van der Waals surface area contributed by atoms with E-state index in [1.165, 1.54) is 51.4 Å². The van der Waals surface area contributed by atoms with Crippen molar-refractivity contribution in [3.05, 3.63) is 188 Å². The average molecular weight is 1410 g/mol. The van der Waals surface area contributed by atoms with Crippen molar-refractivity contribution in [1.29, 1.82) is 0 Å². The van der Waals surface area contributed by atoms with Gasteiger partial charge in [-0.2, -0.15) is 10.2 Å². The summed E-state index contributed by atoms with van der Waals surface area (Å²) in [5.41, 5.74) is 20.4. The number of hydrogen-bond acceptors (Lipinski definition) is 17. The second-order valence-corrected chi connectivity index (χ2v) is 34.9. The van der Waals surface area contributed by atoms with Gasteiger partial charge in [-0.1, -0.05) is 20.8 Å². The third kappa shape index (κ3) is 17.6. The van der Waals surface area contributed by atoms with E-state index < -0.39 is 8.32 Å². The number of aliphatic hydroxyl groups excluding tert-OH is 1. The van der Waals surface area contributed by atoms with E-state index in [4.69, 9.17) is 43.3 Å². The summed E-state index contributed by atoms with van der Waals surface area (Å²) in [6, 6.07) is 39.8. The molecule has 4 fully saturated rings. The molecular formula is C83H96N14O6Si. The average Bonchev–Trinajstić information content (AvgIpc) is 1.15. The van der Waals surface area contributed by atoms with Crippen LogP contribution in [0.15, 0.2) is 171 Å². The fourth-order valence-electron chi connectivity index (χ4n) is 12.6. The summed E-state index contributed by atoms with van der Waals surface area (Å²) in [6.45, 7) is 16.3. The van der Waals surface area contributed by atoms with E-state index >= 15 is 0 Å². The second-order valence-electron chi connectivity index (χ2n) is 30.1. The maximum Gasteiger partial charge on any atom is 0.192 e. The molecular weight excluding hydrogens is 1320 g/mol. The molecule has 0 radical (unpaired) electrons. The minimum atomic E-state index is -1.87. The first kappa shape index (κ1) is 71.0. The van der Waals surface area contributed by atoms with Crippen molar-refractivity contribution in [2.45, 2.75) is 110 Å². The monoisotopic (exact) mass is 1410 g/mol. The predicted octanol–water partition coefficient (Wildman–Crippen LogP) is 17.3. The molecule has 20 nitrogen and oxygen atoms in total. The molecule has 0 spiro atoms. The zero-order valence-electron chi connectivity index (χ0n) is 61.8. The molecule has 4 saturated carbocycles. The molecule has 16 rings (SSSR count). The Balaban J connectivity index is 0.000000132. The molecule has 0 saturated heterocycles. The number of aliphatic hydroxyl groups is 1. The van der Waals surface area contributed by atoms with Crippen LogP contribution in [0.5, 0.6) is 17.2 Å². The van der Waals surface area contributed by atoms with Crippen LogP contribution in [0.25, 0.3) is 66.9 Å². The molecule has 0 bridgehead atoms. The molecule has 1 N–H and O–H groups in total. The van der Waals surface area contributed by atoms with E-state index in [2.05, 4.69) is 166 Å². The van der Waals surface area contributed by atoms with Crippen LogP contribution in [0.4, 0.5) is 34.1 Å². The minimum absolute atomic E-state index is 0.0286. The summed E-state index contributed by atoms with van der Waals surface area (Å²) >= 11 is 0.